The number of carbonyl (C=O) groups excluding carboxylic acids is 2. The molecule has 0 saturated carbocycles. The number of cyclic esters (lactones) is 1. The standard InChI is InChI=1S/C10H18N2O3/c1-7(13)11-5-8-6-12(9(14)15-8)10(2,3)4/h8H,5-6H2,1-4H3,(H,11,13)/t8-/m0/s1. The minimum Gasteiger partial charge on any atom is -0.442 e. The van der Waals surface area contributed by atoms with Gasteiger partial charge in [0.25, 0.3) is 0 Å². The van der Waals surface area contributed by atoms with Crippen molar-refractivity contribution < 1.29 is 14.3 Å². The summed E-state index contributed by atoms with van der Waals surface area (Å²) in [6.07, 6.45) is -0.543. The minimum atomic E-state index is -0.308. The van der Waals surface area contributed by atoms with Crippen molar-refractivity contribution in [1.29, 1.82) is 0 Å². The van der Waals surface area contributed by atoms with E-state index in [2.05, 4.69) is 5.32 Å². The first-order valence-corrected chi connectivity index (χ1v) is 5.03. The highest BCUT2D eigenvalue weighted by Crippen LogP contribution is 2.21. The number of nitrogens with one attached hydrogen (secondary N) is 1. The van der Waals surface area contributed by atoms with Crippen molar-refractivity contribution in [2.24, 2.45) is 0 Å². The molecular weight excluding hydrogens is 196 g/mol. The van der Waals surface area contributed by atoms with Gasteiger partial charge in [-0.05, 0) is 20.8 Å². The molecule has 0 aliphatic carbocycles. The van der Waals surface area contributed by atoms with Crippen molar-refractivity contribution in [1.82, 2.24) is 10.2 Å². The fourth-order valence-corrected chi connectivity index (χ4v) is 1.43. The molecule has 0 spiro atoms. The molecule has 2 amide bonds. The van der Waals surface area contributed by atoms with Gasteiger partial charge in [0.2, 0.25) is 5.91 Å². The quantitative estimate of drug-likeness (QED) is 0.737. The molecule has 1 heterocycles. The molecule has 1 atom stereocenters. The van der Waals surface area contributed by atoms with Crippen LogP contribution in [0.2, 0.25) is 0 Å². The Bertz CT molecular complexity index is 270. The number of ether oxygens (including phenoxy) is 1. The van der Waals surface area contributed by atoms with Gasteiger partial charge >= 0.3 is 6.09 Å². The Balaban J connectivity index is 2.49. The van der Waals surface area contributed by atoms with E-state index < -0.39 is 0 Å². The smallest absolute Gasteiger partial charge is 0.410 e. The minimum absolute atomic E-state index is 0.111. The average molecular weight is 214 g/mol. The van der Waals surface area contributed by atoms with E-state index in [0.29, 0.717) is 13.1 Å². The number of rotatable bonds is 2. The number of hydrogen-bond donors (Lipinski definition) is 1. The number of hydrogen-bond acceptors (Lipinski definition) is 3. The van der Waals surface area contributed by atoms with Crippen molar-refractivity contribution in [3.05, 3.63) is 0 Å². The number of nitrogens with zero attached hydrogens (tertiary/aromatic N) is 1. The van der Waals surface area contributed by atoms with Gasteiger partial charge in [0, 0.05) is 12.5 Å². The Morgan fingerprint density at radius 3 is 2.60 bits per heavy atom. The molecule has 1 fully saturated rings. The third-order valence-electron chi connectivity index (χ3n) is 2.26. The second-order valence-electron chi connectivity index (χ2n) is 4.72. The molecule has 0 radical (unpaired) electrons. The molecule has 1 rings (SSSR count). The summed E-state index contributed by atoms with van der Waals surface area (Å²) in [5.74, 6) is -0.111. The molecule has 5 nitrogen and oxygen atoms in total. The van der Waals surface area contributed by atoms with Gasteiger partial charge in [-0.25, -0.2) is 4.79 Å². The lowest BCUT2D eigenvalue weighted by atomic mass is 10.1. The zero-order chi connectivity index (χ0) is 11.6. The maximum Gasteiger partial charge on any atom is 0.410 e. The van der Waals surface area contributed by atoms with Crippen molar-refractivity contribution in [2.45, 2.75) is 39.3 Å². The van der Waals surface area contributed by atoms with Gasteiger partial charge in [-0.15, -0.1) is 0 Å². The van der Waals surface area contributed by atoms with Crippen LogP contribution >= 0.6 is 0 Å². The van der Waals surface area contributed by atoms with Gasteiger partial charge < -0.3 is 10.1 Å². The second-order valence-corrected chi connectivity index (χ2v) is 4.72. The third kappa shape index (κ3) is 3.11. The molecule has 1 aliphatic heterocycles. The van der Waals surface area contributed by atoms with Crippen LogP contribution < -0.4 is 5.32 Å². The van der Waals surface area contributed by atoms with E-state index in [1.807, 2.05) is 20.8 Å². The first-order chi connectivity index (χ1) is 6.80. The molecule has 86 valence electrons. The number of amides is 2. The maximum atomic E-state index is 11.5. The summed E-state index contributed by atoms with van der Waals surface area (Å²) >= 11 is 0. The van der Waals surface area contributed by atoms with Gasteiger partial charge in [0.05, 0.1) is 13.1 Å². The molecule has 0 unspecified atom stereocenters. The SMILES string of the molecule is CC(=O)NC[C@H]1CN(C(C)(C)C)C(=O)O1. The normalized spacial score (nSPS) is 21.5. The summed E-state index contributed by atoms with van der Waals surface area (Å²) in [6.45, 7) is 8.22. The van der Waals surface area contributed by atoms with E-state index >= 15 is 0 Å². The zero-order valence-electron chi connectivity index (χ0n) is 9.66. The van der Waals surface area contributed by atoms with Gasteiger partial charge in [-0.2, -0.15) is 0 Å². The van der Waals surface area contributed by atoms with Crippen LogP contribution in [0.15, 0.2) is 0 Å². The maximum absolute atomic E-state index is 11.5. The van der Waals surface area contributed by atoms with Crippen LogP contribution in [0, 0.1) is 0 Å². The van der Waals surface area contributed by atoms with Crippen molar-refractivity contribution >= 4 is 12.0 Å². The Kier molecular flexibility index (Phi) is 3.21. The van der Waals surface area contributed by atoms with Crippen LogP contribution in [-0.2, 0) is 9.53 Å². The van der Waals surface area contributed by atoms with Crippen LogP contribution in [0.4, 0.5) is 4.79 Å². The Morgan fingerprint density at radius 2 is 2.20 bits per heavy atom. The Hall–Kier alpha value is -1.26. The molecule has 0 aromatic heterocycles. The van der Waals surface area contributed by atoms with E-state index in [1.54, 1.807) is 4.90 Å². The lowest BCUT2D eigenvalue weighted by Gasteiger charge is -2.29. The number of carbonyl (C=O) groups is 2. The highest BCUT2D eigenvalue weighted by molar-refractivity contribution is 5.73. The van der Waals surface area contributed by atoms with Gasteiger partial charge in [-0.3, -0.25) is 9.69 Å². The molecular formula is C10H18N2O3. The largest absolute Gasteiger partial charge is 0.442 e. The third-order valence-corrected chi connectivity index (χ3v) is 2.26. The topological polar surface area (TPSA) is 58.6 Å². The summed E-state index contributed by atoms with van der Waals surface area (Å²) < 4.78 is 5.12. The lowest BCUT2D eigenvalue weighted by Crippen LogP contribution is -2.43. The van der Waals surface area contributed by atoms with E-state index in [4.69, 9.17) is 4.74 Å². The predicted octanol–water partition coefficient (Wildman–Crippen LogP) is 0.742. The highest BCUT2D eigenvalue weighted by atomic mass is 16.6. The Labute approximate surface area is 89.8 Å². The average Bonchev–Trinajstić information content (AvgIpc) is 2.42. The predicted molar refractivity (Wildman–Crippen MR) is 55.4 cm³/mol. The van der Waals surface area contributed by atoms with Gasteiger partial charge in [0.1, 0.15) is 6.10 Å². The fourth-order valence-electron chi connectivity index (χ4n) is 1.43. The second kappa shape index (κ2) is 4.08. The van der Waals surface area contributed by atoms with Gasteiger partial charge in [0.15, 0.2) is 0 Å². The molecule has 1 saturated heterocycles. The van der Waals surface area contributed by atoms with E-state index in [-0.39, 0.29) is 23.6 Å². The highest BCUT2D eigenvalue weighted by Gasteiger charge is 2.37. The summed E-state index contributed by atoms with van der Waals surface area (Å²) in [5.41, 5.74) is -0.234. The first kappa shape index (κ1) is 11.8. The molecule has 1 N–H and O–H groups in total. The van der Waals surface area contributed by atoms with Crippen LogP contribution in [0.3, 0.4) is 0 Å². The van der Waals surface area contributed by atoms with E-state index in [1.165, 1.54) is 6.92 Å². The molecule has 1 aliphatic rings. The van der Waals surface area contributed by atoms with Crippen molar-refractivity contribution in [3.8, 4) is 0 Å². The van der Waals surface area contributed by atoms with E-state index in [0.717, 1.165) is 0 Å². The summed E-state index contributed by atoms with van der Waals surface area (Å²) in [7, 11) is 0. The Morgan fingerprint density at radius 1 is 1.60 bits per heavy atom. The summed E-state index contributed by atoms with van der Waals surface area (Å²) in [6, 6.07) is 0. The summed E-state index contributed by atoms with van der Waals surface area (Å²) in [4.78, 5) is 23.8. The molecule has 15 heavy (non-hydrogen) atoms. The summed E-state index contributed by atoms with van der Waals surface area (Å²) in [5, 5.41) is 2.64. The fraction of sp³-hybridized carbons (Fsp3) is 0.800. The van der Waals surface area contributed by atoms with Gasteiger partial charge in [-0.1, -0.05) is 0 Å². The van der Waals surface area contributed by atoms with Crippen molar-refractivity contribution in [3.63, 3.8) is 0 Å². The lowest BCUT2D eigenvalue weighted by molar-refractivity contribution is -0.119. The molecule has 0 aromatic carbocycles. The monoisotopic (exact) mass is 214 g/mol. The molecule has 5 heteroatoms. The van der Waals surface area contributed by atoms with Crippen LogP contribution in [0.25, 0.3) is 0 Å². The van der Waals surface area contributed by atoms with Crippen LogP contribution in [0.1, 0.15) is 27.7 Å². The molecule has 0 bridgehead atoms. The van der Waals surface area contributed by atoms with Crippen LogP contribution in [0.5, 0.6) is 0 Å². The first-order valence-electron chi connectivity index (χ1n) is 5.03. The van der Waals surface area contributed by atoms with Crippen molar-refractivity contribution in [2.75, 3.05) is 13.1 Å². The zero-order valence-corrected chi connectivity index (χ0v) is 9.66. The van der Waals surface area contributed by atoms with Crippen LogP contribution in [-0.4, -0.2) is 41.6 Å². The molecule has 0 aromatic rings. The van der Waals surface area contributed by atoms with E-state index in [9.17, 15) is 9.59 Å².